The number of aryl methyl sites for hydroxylation is 2. The van der Waals surface area contributed by atoms with Gasteiger partial charge in [0.1, 0.15) is 5.75 Å². The van der Waals surface area contributed by atoms with Crippen LogP contribution < -0.4 is 4.74 Å². The van der Waals surface area contributed by atoms with Gasteiger partial charge in [0.05, 0.1) is 5.56 Å². The van der Waals surface area contributed by atoms with E-state index in [-0.39, 0.29) is 5.97 Å². The molecule has 3 aromatic rings. The van der Waals surface area contributed by atoms with Crippen molar-refractivity contribution >= 4 is 17.3 Å². The SMILES string of the molecule is CCCN(CCc1cccs1)C1CCc2c(cccc2OC(=O)c2c(C)cccc2C)C1. The second-order valence-electron chi connectivity index (χ2n) is 8.81. The number of carbonyl (C=O) groups is 1. The molecular weight excluding hydrogens is 414 g/mol. The molecule has 1 aliphatic carbocycles. The quantitative estimate of drug-likeness (QED) is 0.296. The van der Waals surface area contributed by atoms with Crippen molar-refractivity contribution in [3.05, 3.63) is 86.6 Å². The van der Waals surface area contributed by atoms with Crippen molar-refractivity contribution in [1.29, 1.82) is 0 Å². The lowest BCUT2D eigenvalue weighted by Crippen LogP contribution is -2.41. The highest BCUT2D eigenvalue weighted by Crippen LogP contribution is 2.32. The van der Waals surface area contributed by atoms with Gasteiger partial charge in [-0.3, -0.25) is 4.90 Å². The van der Waals surface area contributed by atoms with Crippen LogP contribution in [0, 0.1) is 13.8 Å². The van der Waals surface area contributed by atoms with E-state index in [1.807, 2.05) is 55.5 Å². The summed E-state index contributed by atoms with van der Waals surface area (Å²) in [5.74, 6) is 0.480. The Bertz CT molecular complexity index is 1040. The number of carbonyl (C=O) groups excluding carboxylic acids is 1. The second kappa shape index (κ2) is 10.5. The summed E-state index contributed by atoms with van der Waals surface area (Å²) in [6.45, 7) is 8.43. The van der Waals surface area contributed by atoms with E-state index < -0.39 is 0 Å². The third-order valence-electron chi connectivity index (χ3n) is 6.55. The number of hydrogen-bond donors (Lipinski definition) is 0. The first-order valence-electron chi connectivity index (χ1n) is 11.7. The minimum Gasteiger partial charge on any atom is -0.423 e. The monoisotopic (exact) mass is 447 g/mol. The van der Waals surface area contributed by atoms with Gasteiger partial charge in [-0.1, -0.05) is 43.3 Å². The zero-order valence-electron chi connectivity index (χ0n) is 19.4. The van der Waals surface area contributed by atoms with E-state index >= 15 is 0 Å². The van der Waals surface area contributed by atoms with Gasteiger partial charge in [0.25, 0.3) is 0 Å². The summed E-state index contributed by atoms with van der Waals surface area (Å²) in [4.78, 5) is 17.1. The van der Waals surface area contributed by atoms with E-state index in [9.17, 15) is 4.79 Å². The number of fused-ring (bicyclic) bond motifs is 1. The Hall–Kier alpha value is -2.43. The van der Waals surface area contributed by atoms with Crippen molar-refractivity contribution in [2.75, 3.05) is 13.1 Å². The highest BCUT2D eigenvalue weighted by molar-refractivity contribution is 7.09. The fourth-order valence-corrected chi connectivity index (χ4v) is 5.62. The van der Waals surface area contributed by atoms with Gasteiger partial charge in [0.2, 0.25) is 0 Å². The molecule has 0 radical (unpaired) electrons. The molecule has 1 aliphatic rings. The first-order valence-corrected chi connectivity index (χ1v) is 12.6. The topological polar surface area (TPSA) is 29.5 Å². The number of thiophene rings is 1. The van der Waals surface area contributed by atoms with Crippen LogP contribution in [-0.4, -0.2) is 30.0 Å². The zero-order chi connectivity index (χ0) is 22.5. The summed E-state index contributed by atoms with van der Waals surface area (Å²) in [6, 6.07) is 17.0. The highest BCUT2D eigenvalue weighted by Gasteiger charge is 2.27. The molecule has 0 amide bonds. The van der Waals surface area contributed by atoms with Gasteiger partial charge >= 0.3 is 5.97 Å². The van der Waals surface area contributed by atoms with Crippen LogP contribution in [-0.2, 0) is 19.3 Å². The van der Waals surface area contributed by atoms with Gasteiger partial charge < -0.3 is 4.74 Å². The molecule has 0 saturated carbocycles. The Kier molecular flexibility index (Phi) is 7.44. The van der Waals surface area contributed by atoms with E-state index in [1.54, 1.807) is 0 Å². The largest absolute Gasteiger partial charge is 0.423 e. The third kappa shape index (κ3) is 5.13. The number of benzene rings is 2. The fourth-order valence-electron chi connectivity index (χ4n) is 4.92. The molecule has 0 N–H and O–H groups in total. The second-order valence-corrected chi connectivity index (χ2v) is 9.84. The van der Waals surface area contributed by atoms with Crippen molar-refractivity contribution in [3.8, 4) is 5.75 Å². The van der Waals surface area contributed by atoms with E-state index in [1.165, 1.54) is 22.4 Å². The summed E-state index contributed by atoms with van der Waals surface area (Å²) in [5.41, 5.74) is 5.13. The Morgan fingerprint density at radius 3 is 2.56 bits per heavy atom. The summed E-state index contributed by atoms with van der Waals surface area (Å²) >= 11 is 1.85. The highest BCUT2D eigenvalue weighted by atomic mass is 32.1. The van der Waals surface area contributed by atoms with Gasteiger partial charge in [-0.2, -0.15) is 0 Å². The predicted octanol–water partition coefficient (Wildman–Crippen LogP) is 6.40. The normalized spacial score (nSPS) is 15.6. The maximum atomic E-state index is 13.0. The average molecular weight is 448 g/mol. The minimum atomic E-state index is -0.250. The molecule has 4 rings (SSSR count). The molecule has 1 aromatic heterocycles. The maximum Gasteiger partial charge on any atom is 0.344 e. The molecule has 168 valence electrons. The van der Waals surface area contributed by atoms with Gasteiger partial charge in [-0.05, 0) is 92.3 Å². The standard InChI is InChI=1S/C28H33NO2S/c1-4-16-29(17-15-24-11-7-18-32-24)23-13-14-25-22(19-23)10-6-12-26(25)31-28(30)27-20(2)8-5-9-21(27)3/h5-12,18,23H,4,13-17,19H2,1-3H3. The lowest BCUT2D eigenvalue weighted by Gasteiger charge is -2.35. The van der Waals surface area contributed by atoms with Crippen LogP contribution in [0.15, 0.2) is 53.9 Å². The van der Waals surface area contributed by atoms with Gasteiger partial charge in [-0.25, -0.2) is 4.79 Å². The maximum absolute atomic E-state index is 13.0. The van der Waals surface area contributed by atoms with Crippen molar-refractivity contribution < 1.29 is 9.53 Å². The summed E-state index contributed by atoms with van der Waals surface area (Å²) in [7, 11) is 0. The first kappa shape index (κ1) is 22.8. The third-order valence-corrected chi connectivity index (χ3v) is 7.49. The molecule has 1 heterocycles. The van der Waals surface area contributed by atoms with Crippen molar-refractivity contribution in [1.82, 2.24) is 4.90 Å². The Balaban J connectivity index is 1.48. The number of ether oxygens (including phenoxy) is 1. The van der Waals surface area contributed by atoms with E-state index in [4.69, 9.17) is 4.74 Å². The summed E-state index contributed by atoms with van der Waals surface area (Å²) in [6.07, 6.45) is 5.37. The molecule has 2 aromatic carbocycles. The molecule has 0 fully saturated rings. The summed E-state index contributed by atoms with van der Waals surface area (Å²) < 4.78 is 5.95. The lowest BCUT2D eigenvalue weighted by atomic mass is 9.86. The van der Waals surface area contributed by atoms with Crippen molar-refractivity contribution in [2.24, 2.45) is 0 Å². The predicted molar refractivity (Wildman–Crippen MR) is 133 cm³/mol. The van der Waals surface area contributed by atoms with E-state index in [0.717, 1.165) is 55.6 Å². The molecule has 1 atom stereocenters. The van der Waals surface area contributed by atoms with Crippen molar-refractivity contribution in [3.63, 3.8) is 0 Å². The molecule has 0 aliphatic heterocycles. The van der Waals surface area contributed by atoms with Crippen LogP contribution in [0.3, 0.4) is 0 Å². The smallest absolute Gasteiger partial charge is 0.344 e. The Morgan fingerprint density at radius 2 is 1.84 bits per heavy atom. The van der Waals surface area contributed by atoms with E-state index in [0.29, 0.717) is 11.6 Å². The Morgan fingerprint density at radius 1 is 1.06 bits per heavy atom. The summed E-state index contributed by atoms with van der Waals surface area (Å²) in [5, 5.41) is 2.16. The number of hydrogen-bond acceptors (Lipinski definition) is 4. The molecular formula is C28H33NO2S. The Labute approximate surface area is 196 Å². The van der Waals surface area contributed by atoms with Crippen LogP contribution >= 0.6 is 11.3 Å². The molecule has 0 spiro atoms. The molecule has 1 unspecified atom stereocenters. The average Bonchev–Trinajstić information content (AvgIpc) is 3.30. The van der Waals surface area contributed by atoms with Crippen molar-refractivity contribution in [2.45, 2.75) is 58.9 Å². The van der Waals surface area contributed by atoms with Crippen LogP contribution in [0.4, 0.5) is 0 Å². The lowest BCUT2D eigenvalue weighted by molar-refractivity contribution is 0.0730. The number of nitrogens with zero attached hydrogens (tertiary/aromatic N) is 1. The number of esters is 1. The molecule has 4 heteroatoms. The molecule has 0 bridgehead atoms. The molecule has 32 heavy (non-hydrogen) atoms. The van der Waals surface area contributed by atoms with E-state index in [2.05, 4.69) is 35.4 Å². The zero-order valence-corrected chi connectivity index (χ0v) is 20.2. The van der Waals surface area contributed by atoms with Gasteiger partial charge in [0, 0.05) is 17.5 Å². The first-order chi connectivity index (χ1) is 15.6. The van der Waals surface area contributed by atoms with Crippen LogP contribution in [0.5, 0.6) is 5.75 Å². The van der Waals surface area contributed by atoms with Gasteiger partial charge in [-0.15, -0.1) is 11.3 Å². The fraction of sp³-hybridized carbons (Fsp3) is 0.393. The van der Waals surface area contributed by atoms with Crippen LogP contribution in [0.1, 0.15) is 57.3 Å². The minimum absolute atomic E-state index is 0.250. The van der Waals surface area contributed by atoms with Gasteiger partial charge in [0.15, 0.2) is 0 Å². The number of rotatable bonds is 8. The molecule has 3 nitrogen and oxygen atoms in total. The van der Waals surface area contributed by atoms with Crippen LogP contribution in [0.25, 0.3) is 0 Å². The molecule has 0 saturated heterocycles. The van der Waals surface area contributed by atoms with Crippen LogP contribution in [0.2, 0.25) is 0 Å².